The van der Waals surface area contributed by atoms with Crippen molar-refractivity contribution >= 4 is 29.2 Å². The van der Waals surface area contributed by atoms with Crippen LogP contribution >= 0.6 is 23.2 Å². The average molecular weight is 283 g/mol. The molecule has 0 saturated heterocycles. The van der Waals surface area contributed by atoms with Gasteiger partial charge in [0.1, 0.15) is 5.75 Å². The Hall–Kier alpha value is -1.71. The van der Waals surface area contributed by atoms with Crippen molar-refractivity contribution in [3.63, 3.8) is 0 Å². The molecular formula is C13H8Cl2O3. The zero-order chi connectivity index (χ0) is 13.3. The Morgan fingerprint density at radius 1 is 1.00 bits per heavy atom. The van der Waals surface area contributed by atoms with Crippen LogP contribution in [0.4, 0.5) is 0 Å². The Balaban J connectivity index is 2.58. The molecule has 0 fully saturated rings. The molecule has 0 atom stereocenters. The number of carboxylic acids is 1. The van der Waals surface area contributed by atoms with E-state index in [1.807, 2.05) is 0 Å². The van der Waals surface area contributed by atoms with Crippen LogP contribution in [0.3, 0.4) is 0 Å². The summed E-state index contributed by atoms with van der Waals surface area (Å²) < 4.78 is 0. The van der Waals surface area contributed by atoms with E-state index in [-0.39, 0.29) is 11.3 Å². The Kier molecular flexibility index (Phi) is 3.45. The molecule has 2 rings (SSSR count). The van der Waals surface area contributed by atoms with Crippen molar-refractivity contribution in [3.8, 4) is 16.9 Å². The second-order valence-corrected chi connectivity index (χ2v) is 4.48. The molecule has 2 aromatic carbocycles. The second-order valence-electron chi connectivity index (χ2n) is 3.67. The summed E-state index contributed by atoms with van der Waals surface area (Å²) >= 11 is 11.7. The van der Waals surface area contributed by atoms with Gasteiger partial charge in [0.2, 0.25) is 0 Å². The van der Waals surface area contributed by atoms with E-state index in [4.69, 9.17) is 28.3 Å². The number of benzene rings is 2. The molecule has 0 saturated carbocycles. The molecule has 0 unspecified atom stereocenters. The van der Waals surface area contributed by atoms with Crippen LogP contribution in [-0.4, -0.2) is 16.2 Å². The van der Waals surface area contributed by atoms with Crippen molar-refractivity contribution in [2.45, 2.75) is 0 Å². The lowest BCUT2D eigenvalue weighted by atomic mass is 10.0. The highest BCUT2D eigenvalue weighted by Crippen LogP contribution is 2.33. The van der Waals surface area contributed by atoms with Crippen LogP contribution in [-0.2, 0) is 0 Å². The van der Waals surface area contributed by atoms with Gasteiger partial charge >= 0.3 is 5.97 Å². The third-order valence-corrected chi connectivity index (χ3v) is 3.21. The normalized spacial score (nSPS) is 10.3. The van der Waals surface area contributed by atoms with Crippen molar-refractivity contribution in [1.82, 2.24) is 0 Å². The molecule has 3 nitrogen and oxygen atoms in total. The summed E-state index contributed by atoms with van der Waals surface area (Å²) in [7, 11) is 0. The summed E-state index contributed by atoms with van der Waals surface area (Å²) in [5.74, 6) is -1.07. The topological polar surface area (TPSA) is 57.5 Å². The van der Waals surface area contributed by atoms with Crippen molar-refractivity contribution in [2.75, 3.05) is 0 Å². The van der Waals surface area contributed by atoms with Crippen molar-refractivity contribution in [2.24, 2.45) is 0 Å². The first kappa shape index (κ1) is 12.7. The van der Waals surface area contributed by atoms with Gasteiger partial charge in [-0.2, -0.15) is 0 Å². The van der Waals surface area contributed by atoms with Gasteiger partial charge in [-0.05, 0) is 35.9 Å². The van der Waals surface area contributed by atoms with E-state index in [1.165, 1.54) is 18.2 Å². The maximum Gasteiger partial charge on any atom is 0.335 e. The van der Waals surface area contributed by atoms with E-state index in [0.717, 1.165) is 0 Å². The quantitative estimate of drug-likeness (QED) is 0.873. The van der Waals surface area contributed by atoms with Gasteiger partial charge in [0.05, 0.1) is 15.6 Å². The molecule has 0 amide bonds. The van der Waals surface area contributed by atoms with Gasteiger partial charge in [0.15, 0.2) is 0 Å². The molecule has 0 aliphatic heterocycles. The highest BCUT2D eigenvalue weighted by molar-refractivity contribution is 6.42. The van der Waals surface area contributed by atoms with Crippen LogP contribution in [0.15, 0.2) is 36.4 Å². The average Bonchev–Trinajstić information content (AvgIpc) is 2.33. The van der Waals surface area contributed by atoms with Gasteiger partial charge in [-0.25, -0.2) is 4.79 Å². The van der Waals surface area contributed by atoms with Crippen LogP contribution in [0.5, 0.6) is 5.75 Å². The standard InChI is InChI=1S/C13H8Cl2O3/c14-10-3-1-7(6-11(10)15)9-5-8(13(17)18)2-4-12(9)16/h1-6,16H,(H,17,18). The van der Waals surface area contributed by atoms with Gasteiger partial charge in [-0.15, -0.1) is 0 Å². The van der Waals surface area contributed by atoms with E-state index in [2.05, 4.69) is 0 Å². The molecule has 18 heavy (non-hydrogen) atoms. The summed E-state index contributed by atoms with van der Waals surface area (Å²) in [4.78, 5) is 10.9. The molecule has 0 radical (unpaired) electrons. The van der Waals surface area contributed by atoms with Crippen LogP contribution < -0.4 is 0 Å². The van der Waals surface area contributed by atoms with E-state index < -0.39 is 5.97 Å². The van der Waals surface area contributed by atoms with E-state index in [0.29, 0.717) is 21.2 Å². The van der Waals surface area contributed by atoms with Crippen LogP contribution in [0.1, 0.15) is 10.4 Å². The predicted octanol–water partition coefficient (Wildman–Crippen LogP) is 4.06. The summed E-state index contributed by atoms with van der Waals surface area (Å²) in [6.07, 6.45) is 0. The fraction of sp³-hybridized carbons (Fsp3) is 0. The molecule has 0 aliphatic rings. The number of phenols is 1. The number of aromatic carboxylic acids is 1. The van der Waals surface area contributed by atoms with Gasteiger partial charge < -0.3 is 10.2 Å². The van der Waals surface area contributed by atoms with Crippen LogP contribution in [0.2, 0.25) is 10.0 Å². The second kappa shape index (κ2) is 4.88. The number of carbonyl (C=O) groups is 1. The Labute approximate surface area is 113 Å². The summed E-state index contributed by atoms with van der Waals surface area (Å²) in [6.45, 7) is 0. The number of phenolic OH excluding ortho intramolecular Hbond substituents is 1. The molecule has 0 aliphatic carbocycles. The number of hydrogen-bond acceptors (Lipinski definition) is 2. The Morgan fingerprint density at radius 2 is 1.72 bits per heavy atom. The van der Waals surface area contributed by atoms with Crippen molar-refractivity contribution in [3.05, 3.63) is 52.0 Å². The zero-order valence-electron chi connectivity index (χ0n) is 9.02. The highest BCUT2D eigenvalue weighted by atomic mass is 35.5. The Bertz CT molecular complexity index is 624. The summed E-state index contributed by atoms with van der Waals surface area (Å²) in [6, 6.07) is 8.88. The smallest absolute Gasteiger partial charge is 0.335 e. The molecule has 0 heterocycles. The lowest BCUT2D eigenvalue weighted by Gasteiger charge is -2.07. The van der Waals surface area contributed by atoms with E-state index >= 15 is 0 Å². The number of hydrogen-bond donors (Lipinski definition) is 2. The molecule has 0 bridgehead atoms. The first-order valence-electron chi connectivity index (χ1n) is 5.01. The van der Waals surface area contributed by atoms with Crippen molar-refractivity contribution < 1.29 is 15.0 Å². The number of rotatable bonds is 2. The maximum atomic E-state index is 10.9. The van der Waals surface area contributed by atoms with E-state index in [1.54, 1.807) is 18.2 Å². The monoisotopic (exact) mass is 282 g/mol. The predicted molar refractivity (Wildman–Crippen MR) is 70.5 cm³/mol. The number of aromatic hydroxyl groups is 1. The Morgan fingerprint density at radius 3 is 2.33 bits per heavy atom. The zero-order valence-corrected chi connectivity index (χ0v) is 10.5. The van der Waals surface area contributed by atoms with Crippen molar-refractivity contribution in [1.29, 1.82) is 0 Å². The van der Waals surface area contributed by atoms with E-state index in [9.17, 15) is 9.90 Å². The van der Waals surface area contributed by atoms with Gasteiger partial charge in [-0.3, -0.25) is 0 Å². The minimum absolute atomic E-state index is 0.0154. The lowest BCUT2D eigenvalue weighted by molar-refractivity contribution is 0.0697. The van der Waals surface area contributed by atoms with Crippen LogP contribution in [0.25, 0.3) is 11.1 Å². The fourth-order valence-electron chi connectivity index (χ4n) is 1.56. The van der Waals surface area contributed by atoms with Gasteiger partial charge in [0.25, 0.3) is 0 Å². The first-order chi connectivity index (χ1) is 8.49. The number of halogens is 2. The van der Waals surface area contributed by atoms with Crippen LogP contribution in [0, 0.1) is 0 Å². The molecule has 92 valence electrons. The molecule has 0 aromatic heterocycles. The summed E-state index contributed by atoms with van der Waals surface area (Å²) in [5, 5.41) is 19.4. The minimum atomic E-state index is -1.06. The molecule has 2 N–H and O–H groups in total. The molecule has 2 aromatic rings. The third kappa shape index (κ3) is 2.42. The highest BCUT2D eigenvalue weighted by Gasteiger charge is 2.10. The fourth-order valence-corrected chi connectivity index (χ4v) is 1.86. The molecule has 5 heteroatoms. The largest absolute Gasteiger partial charge is 0.507 e. The minimum Gasteiger partial charge on any atom is -0.507 e. The SMILES string of the molecule is O=C(O)c1ccc(O)c(-c2ccc(Cl)c(Cl)c2)c1. The summed E-state index contributed by atoms with van der Waals surface area (Å²) in [5.41, 5.74) is 1.09. The molecular weight excluding hydrogens is 275 g/mol. The number of carboxylic acid groups (broad SMARTS) is 1. The van der Waals surface area contributed by atoms with Gasteiger partial charge in [-0.1, -0.05) is 29.3 Å². The maximum absolute atomic E-state index is 10.9. The lowest BCUT2D eigenvalue weighted by Crippen LogP contribution is -1.96. The first-order valence-corrected chi connectivity index (χ1v) is 5.76. The molecule has 0 spiro atoms. The van der Waals surface area contributed by atoms with Gasteiger partial charge in [0, 0.05) is 5.56 Å². The third-order valence-electron chi connectivity index (χ3n) is 2.47.